The van der Waals surface area contributed by atoms with Crippen molar-refractivity contribution in [2.24, 2.45) is 0 Å². The molecule has 1 aliphatic carbocycles. The van der Waals surface area contributed by atoms with Crippen molar-refractivity contribution in [1.82, 2.24) is 5.32 Å². The van der Waals surface area contributed by atoms with Crippen LogP contribution in [0.4, 0.5) is 4.79 Å². The SMILES string of the molecule is CNC(=O)Oc1ccc2c(c1)CCCC2[NH+](C)C.[Br-]. The van der Waals surface area contributed by atoms with E-state index in [9.17, 15) is 4.79 Å². The number of fused-ring (bicyclic) bond motifs is 1. The molecule has 1 unspecified atom stereocenters. The van der Waals surface area contributed by atoms with Gasteiger partial charge < -0.3 is 31.9 Å². The summed E-state index contributed by atoms with van der Waals surface area (Å²) in [6.07, 6.45) is 3.09. The van der Waals surface area contributed by atoms with Gasteiger partial charge in [0.15, 0.2) is 0 Å². The summed E-state index contributed by atoms with van der Waals surface area (Å²) in [6, 6.07) is 6.54. The molecule has 0 saturated heterocycles. The number of benzene rings is 1. The Labute approximate surface area is 124 Å². The first-order valence-corrected chi connectivity index (χ1v) is 6.44. The van der Waals surface area contributed by atoms with Gasteiger partial charge in [0.2, 0.25) is 0 Å². The van der Waals surface area contributed by atoms with E-state index in [0.29, 0.717) is 11.8 Å². The number of carbonyl (C=O) groups excluding carboxylic acids is 1. The quantitative estimate of drug-likeness (QED) is 0.655. The molecule has 5 heteroatoms. The van der Waals surface area contributed by atoms with Crippen molar-refractivity contribution in [3.8, 4) is 5.75 Å². The van der Waals surface area contributed by atoms with Crippen LogP contribution in [0.1, 0.15) is 30.0 Å². The summed E-state index contributed by atoms with van der Waals surface area (Å²) >= 11 is 0. The Morgan fingerprint density at radius 2 is 2.16 bits per heavy atom. The Balaban J connectivity index is 0.00000180. The predicted octanol–water partition coefficient (Wildman–Crippen LogP) is -2.07. The van der Waals surface area contributed by atoms with Gasteiger partial charge in [-0.05, 0) is 36.6 Å². The van der Waals surface area contributed by atoms with Gasteiger partial charge in [-0.25, -0.2) is 4.79 Å². The highest BCUT2D eigenvalue weighted by atomic mass is 79.9. The molecule has 1 aliphatic rings. The second kappa shape index (κ2) is 6.91. The summed E-state index contributed by atoms with van der Waals surface area (Å²) in [5.74, 6) is 0.627. The molecule has 0 bridgehead atoms. The third-order valence-corrected chi connectivity index (χ3v) is 3.54. The second-order valence-corrected chi connectivity index (χ2v) is 5.02. The summed E-state index contributed by atoms with van der Waals surface area (Å²) in [4.78, 5) is 12.6. The second-order valence-electron chi connectivity index (χ2n) is 5.02. The molecular weight excluding hydrogens is 308 g/mol. The number of halogens is 1. The topological polar surface area (TPSA) is 42.8 Å². The zero-order chi connectivity index (χ0) is 13.1. The van der Waals surface area contributed by atoms with Crippen molar-refractivity contribution in [3.05, 3.63) is 29.3 Å². The molecule has 1 amide bonds. The number of amides is 1. The van der Waals surface area contributed by atoms with Crippen LogP contribution in [0.2, 0.25) is 0 Å². The smallest absolute Gasteiger partial charge is 0.412 e. The van der Waals surface area contributed by atoms with E-state index in [4.69, 9.17) is 4.74 Å². The van der Waals surface area contributed by atoms with Crippen LogP contribution in [-0.4, -0.2) is 27.2 Å². The molecular formula is C14H21BrN2O2. The number of aryl methyl sites for hydroxylation is 1. The lowest BCUT2D eigenvalue weighted by Gasteiger charge is -2.28. The van der Waals surface area contributed by atoms with Gasteiger partial charge in [0.25, 0.3) is 0 Å². The zero-order valence-corrected chi connectivity index (χ0v) is 13.2. The summed E-state index contributed by atoms with van der Waals surface area (Å²) in [7, 11) is 5.94. The van der Waals surface area contributed by atoms with Crippen LogP contribution in [-0.2, 0) is 6.42 Å². The fourth-order valence-electron chi connectivity index (χ4n) is 2.61. The van der Waals surface area contributed by atoms with Crippen molar-refractivity contribution in [1.29, 1.82) is 0 Å². The van der Waals surface area contributed by atoms with Crippen molar-refractivity contribution in [3.63, 3.8) is 0 Å². The lowest BCUT2D eigenvalue weighted by molar-refractivity contribution is -0.893. The van der Waals surface area contributed by atoms with E-state index in [1.165, 1.54) is 28.9 Å². The minimum Gasteiger partial charge on any atom is -1.00 e. The number of carbonyl (C=O) groups is 1. The van der Waals surface area contributed by atoms with Crippen molar-refractivity contribution < 1.29 is 31.4 Å². The number of ether oxygens (including phenoxy) is 1. The normalized spacial score (nSPS) is 17.4. The van der Waals surface area contributed by atoms with Crippen LogP contribution in [0.3, 0.4) is 0 Å². The van der Waals surface area contributed by atoms with E-state index in [-0.39, 0.29) is 17.0 Å². The average Bonchev–Trinajstić information content (AvgIpc) is 2.37. The van der Waals surface area contributed by atoms with E-state index in [1.54, 1.807) is 7.05 Å². The molecule has 1 aromatic carbocycles. The first-order valence-electron chi connectivity index (χ1n) is 6.44. The van der Waals surface area contributed by atoms with Crippen LogP contribution in [0.5, 0.6) is 5.75 Å². The Morgan fingerprint density at radius 3 is 2.79 bits per heavy atom. The van der Waals surface area contributed by atoms with E-state index >= 15 is 0 Å². The third kappa shape index (κ3) is 3.70. The molecule has 4 nitrogen and oxygen atoms in total. The van der Waals surface area contributed by atoms with Gasteiger partial charge in [-0.2, -0.15) is 0 Å². The van der Waals surface area contributed by atoms with Gasteiger partial charge in [0.1, 0.15) is 11.8 Å². The monoisotopic (exact) mass is 328 g/mol. The van der Waals surface area contributed by atoms with Crippen molar-refractivity contribution in [2.45, 2.75) is 25.3 Å². The zero-order valence-electron chi connectivity index (χ0n) is 11.6. The summed E-state index contributed by atoms with van der Waals surface area (Å²) < 4.78 is 5.17. The molecule has 0 aromatic heterocycles. The molecule has 19 heavy (non-hydrogen) atoms. The Morgan fingerprint density at radius 1 is 1.42 bits per heavy atom. The molecule has 0 spiro atoms. The molecule has 0 heterocycles. The van der Waals surface area contributed by atoms with Crippen LogP contribution >= 0.6 is 0 Å². The Hall–Kier alpha value is -1.07. The van der Waals surface area contributed by atoms with Gasteiger partial charge in [-0.3, -0.25) is 0 Å². The number of hydrogen-bond acceptors (Lipinski definition) is 2. The maximum Gasteiger partial charge on any atom is 0.412 e. The van der Waals surface area contributed by atoms with Gasteiger partial charge in [-0.15, -0.1) is 0 Å². The molecule has 2 rings (SSSR count). The van der Waals surface area contributed by atoms with E-state index in [2.05, 4.69) is 25.5 Å². The predicted molar refractivity (Wildman–Crippen MR) is 70.0 cm³/mol. The van der Waals surface area contributed by atoms with Gasteiger partial charge in [0.05, 0.1) is 14.1 Å². The first-order chi connectivity index (χ1) is 8.61. The first kappa shape index (κ1) is 16.0. The number of quaternary nitrogens is 1. The maximum atomic E-state index is 11.2. The number of hydrogen-bond donors (Lipinski definition) is 2. The lowest BCUT2D eigenvalue weighted by Crippen LogP contribution is -3.06. The molecule has 0 fully saturated rings. The highest BCUT2D eigenvalue weighted by molar-refractivity contribution is 5.70. The molecule has 0 aliphatic heterocycles. The fourth-order valence-corrected chi connectivity index (χ4v) is 2.61. The summed E-state index contributed by atoms with van der Waals surface area (Å²) in [5.41, 5.74) is 2.71. The largest absolute Gasteiger partial charge is 1.00 e. The molecule has 0 saturated carbocycles. The van der Waals surface area contributed by atoms with Crippen molar-refractivity contribution >= 4 is 6.09 Å². The fraction of sp³-hybridized carbons (Fsp3) is 0.500. The summed E-state index contributed by atoms with van der Waals surface area (Å²) in [6.45, 7) is 0. The minimum absolute atomic E-state index is 0. The number of nitrogens with one attached hydrogen (secondary N) is 2. The standard InChI is InChI=1S/C14H20N2O2.BrH/c1-15-14(17)18-11-7-8-12-10(9-11)5-4-6-13(12)16(2)3;/h7-9,13H,4-6H2,1-3H3,(H,15,17);1H. The van der Waals surface area contributed by atoms with Crippen LogP contribution in [0.15, 0.2) is 18.2 Å². The van der Waals surface area contributed by atoms with Crippen LogP contribution < -0.4 is 31.9 Å². The highest BCUT2D eigenvalue weighted by Crippen LogP contribution is 2.30. The van der Waals surface area contributed by atoms with Crippen LogP contribution in [0, 0.1) is 0 Å². The van der Waals surface area contributed by atoms with E-state index < -0.39 is 6.09 Å². The minimum atomic E-state index is -0.416. The summed E-state index contributed by atoms with van der Waals surface area (Å²) in [5, 5.41) is 2.46. The van der Waals surface area contributed by atoms with Gasteiger partial charge >= 0.3 is 6.09 Å². The van der Waals surface area contributed by atoms with Crippen LogP contribution in [0.25, 0.3) is 0 Å². The molecule has 1 atom stereocenters. The number of rotatable bonds is 2. The highest BCUT2D eigenvalue weighted by Gasteiger charge is 2.25. The Kier molecular flexibility index (Phi) is 5.82. The van der Waals surface area contributed by atoms with Crippen molar-refractivity contribution in [2.75, 3.05) is 21.1 Å². The third-order valence-electron chi connectivity index (χ3n) is 3.54. The molecule has 1 aromatic rings. The maximum absolute atomic E-state index is 11.2. The van der Waals surface area contributed by atoms with Gasteiger partial charge in [-0.1, -0.05) is 0 Å². The average molecular weight is 329 g/mol. The van der Waals surface area contributed by atoms with Gasteiger partial charge in [0, 0.05) is 19.0 Å². The lowest BCUT2D eigenvalue weighted by atomic mass is 9.87. The Bertz CT molecular complexity index is 449. The molecule has 106 valence electrons. The van der Waals surface area contributed by atoms with E-state index in [1.807, 2.05) is 12.1 Å². The molecule has 2 N–H and O–H groups in total. The molecule has 0 radical (unpaired) electrons. The van der Waals surface area contributed by atoms with E-state index in [0.717, 1.165) is 6.42 Å².